The highest BCUT2D eigenvalue weighted by Gasteiger charge is 2.26. The monoisotopic (exact) mass is 249 g/mol. The molecule has 16 heavy (non-hydrogen) atoms. The molecule has 4 N–H and O–H groups in total. The molecule has 0 aliphatic rings. The molecule has 1 rings (SSSR count). The van der Waals surface area contributed by atoms with E-state index in [-0.39, 0.29) is 5.56 Å². The Kier molecular flexibility index (Phi) is 3.46. The van der Waals surface area contributed by atoms with E-state index in [9.17, 15) is 10.1 Å². The first-order valence-electron chi connectivity index (χ1n) is 4.01. The number of non-ortho nitro benzene ring substituents is 1. The van der Waals surface area contributed by atoms with Gasteiger partial charge in [0.1, 0.15) is 0 Å². The third-order valence-corrected chi connectivity index (χ3v) is 2.07. The van der Waals surface area contributed by atoms with Crippen molar-refractivity contribution in [2.75, 3.05) is 0 Å². The highest BCUT2D eigenvalue weighted by Crippen LogP contribution is 2.27. The fourth-order valence-corrected chi connectivity index (χ4v) is 1.20. The third-order valence-electron chi connectivity index (χ3n) is 1.81. The molecular weight excluding hydrogens is 242 g/mol. The number of nitro groups is 1. The molecule has 1 unspecified atom stereocenters. The van der Waals surface area contributed by atoms with Gasteiger partial charge in [-0.15, -0.1) is 0 Å². The van der Waals surface area contributed by atoms with Gasteiger partial charge in [0.2, 0.25) is 0 Å². The normalized spacial score (nSPS) is 13.6. The first-order chi connectivity index (χ1) is 7.21. The molecule has 0 spiro atoms. The molecule has 0 saturated heterocycles. The van der Waals surface area contributed by atoms with E-state index in [4.69, 9.17) is 32.0 Å². The summed E-state index contributed by atoms with van der Waals surface area (Å²) in [6.07, 6.45) is 0. The summed E-state index contributed by atoms with van der Waals surface area (Å²) in [4.78, 5) is 9.67. The fraction of sp³-hybridized carbons (Fsp3) is 0.250. The molecule has 1 aromatic rings. The molecule has 8 heteroatoms. The molecule has 88 valence electrons. The maximum absolute atomic E-state index is 10.5. The second-order valence-corrected chi connectivity index (χ2v) is 3.45. The number of aliphatic hydroxyl groups excluding tert-OH is 1. The lowest BCUT2D eigenvalue weighted by molar-refractivity contribution is -0.385. The van der Waals surface area contributed by atoms with Gasteiger partial charge in [0, 0.05) is 23.3 Å². The average molecular weight is 250 g/mol. The Morgan fingerprint density at radius 2 is 1.88 bits per heavy atom. The minimum Gasteiger partial charge on any atom is -0.373 e. The van der Waals surface area contributed by atoms with Gasteiger partial charge in [-0.05, 0) is 6.07 Å². The van der Waals surface area contributed by atoms with E-state index in [1.165, 1.54) is 0 Å². The molecule has 0 aliphatic heterocycles. The van der Waals surface area contributed by atoms with Crippen molar-refractivity contribution >= 4 is 17.3 Å². The van der Waals surface area contributed by atoms with Crippen molar-refractivity contribution in [2.24, 2.45) is 0 Å². The van der Waals surface area contributed by atoms with Crippen LogP contribution in [0.2, 0.25) is 0 Å². The van der Waals surface area contributed by atoms with Gasteiger partial charge in [-0.1, -0.05) is 11.6 Å². The minimum absolute atomic E-state index is 0.132. The van der Waals surface area contributed by atoms with Crippen molar-refractivity contribution in [3.63, 3.8) is 0 Å². The van der Waals surface area contributed by atoms with Gasteiger partial charge in [-0.2, -0.15) is 0 Å². The van der Waals surface area contributed by atoms with E-state index >= 15 is 0 Å². The Morgan fingerprint density at radius 3 is 2.25 bits per heavy atom. The molecule has 1 aromatic carbocycles. The second-order valence-electron chi connectivity index (χ2n) is 3.04. The standard InChI is InChI=1S/C8H8ClNO6/c9-7(11)4-1-5(8(12,13)14)3-6(2-4)10(15)16/h1-3,7,11-14H. The molecule has 0 aliphatic carbocycles. The number of nitrogens with zero attached hydrogens (tertiary/aromatic N) is 1. The minimum atomic E-state index is -3.23. The van der Waals surface area contributed by atoms with E-state index in [0.29, 0.717) is 0 Å². The zero-order valence-corrected chi connectivity index (χ0v) is 8.50. The maximum Gasteiger partial charge on any atom is 0.304 e. The Balaban J connectivity index is 3.36. The summed E-state index contributed by atoms with van der Waals surface area (Å²) < 4.78 is 0. The summed E-state index contributed by atoms with van der Waals surface area (Å²) in [5.74, 6) is -3.23. The van der Waals surface area contributed by atoms with Crippen LogP contribution in [0.4, 0.5) is 5.69 Å². The molecule has 0 radical (unpaired) electrons. The molecule has 1 atom stereocenters. The van der Waals surface area contributed by atoms with E-state index in [2.05, 4.69) is 0 Å². The van der Waals surface area contributed by atoms with Crippen LogP contribution in [-0.4, -0.2) is 25.3 Å². The molecule has 0 amide bonds. The van der Waals surface area contributed by atoms with Crippen LogP contribution in [0.3, 0.4) is 0 Å². The van der Waals surface area contributed by atoms with Crippen molar-refractivity contribution in [3.05, 3.63) is 39.4 Å². The number of nitro benzene ring substituents is 1. The predicted octanol–water partition coefficient (Wildman–Crippen LogP) is -0.0883. The Labute approximate surface area is 94.3 Å². The average Bonchev–Trinajstić information content (AvgIpc) is 2.15. The Hall–Kier alpha value is -1.25. The quantitative estimate of drug-likeness (QED) is 0.257. The van der Waals surface area contributed by atoms with Crippen molar-refractivity contribution in [1.82, 2.24) is 0 Å². The van der Waals surface area contributed by atoms with Gasteiger partial charge in [-0.25, -0.2) is 0 Å². The smallest absolute Gasteiger partial charge is 0.304 e. The topological polar surface area (TPSA) is 124 Å². The zero-order chi connectivity index (χ0) is 12.5. The fourth-order valence-electron chi connectivity index (χ4n) is 1.07. The first-order valence-corrected chi connectivity index (χ1v) is 4.44. The highest BCUT2D eigenvalue weighted by atomic mass is 35.5. The second kappa shape index (κ2) is 4.32. The molecule has 0 fully saturated rings. The van der Waals surface area contributed by atoms with Gasteiger partial charge in [0.15, 0.2) is 5.56 Å². The van der Waals surface area contributed by atoms with E-state index in [0.717, 1.165) is 18.2 Å². The van der Waals surface area contributed by atoms with Crippen LogP contribution in [0.25, 0.3) is 0 Å². The van der Waals surface area contributed by atoms with Crippen LogP contribution < -0.4 is 0 Å². The molecule has 7 nitrogen and oxygen atoms in total. The first kappa shape index (κ1) is 12.8. The molecule has 0 aromatic heterocycles. The summed E-state index contributed by atoms with van der Waals surface area (Å²) >= 11 is 5.29. The van der Waals surface area contributed by atoms with Crippen LogP contribution in [0.5, 0.6) is 0 Å². The van der Waals surface area contributed by atoms with Crippen molar-refractivity contribution in [2.45, 2.75) is 11.5 Å². The largest absolute Gasteiger partial charge is 0.373 e. The van der Waals surface area contributed by atoms with Crippen LogP contribution >= 0.6 is 11.6 Å². The van der Waals surface area contributed by atoms with E-state index in [1.54, 1.807) is 0 Å². The van der Waals surface area contributed by atoms with E-state index < -0.39 is 27.7 Å². The SMILES string of the molecule is O=[N+]([O-])c1cc(C(O)Cl)cc(C(O)(O)O)c1. The highest BCUT2D eigenvalue weighted by molar-refractivity contribution is 6.19. The Bertz CT molecular complexity index is 413. The zero-order valence-electron chi connectivity index (χ0n) is 7.74. The van der Waals surface area contributed by atoms with E-state index in [1.807, 2.05) is 0 Å². The molecule has 0 heterocycles. The van der Waals surface area contributed by atoms with Crippen molar-refractivity contribution in [3.8, 4) is 0 Å². The molecule has 0 bridgehead atoms. The van der Waals surface area contributed by atoms with Gasteiger partial charge in [0.05, 0.1) is 4.92 Å². The number of alkyl halides is 1. The van der Waals surface area contributed by atoms with Gasteiger partial charge < -0.3 is 20.4 Å². The van der Waals surface area contributed by atoms with Crippen LogP contribution in [0.1, 0.15) is 16.7 Å². The van der Waals surface area contributed by atoms with Crippen molar-refractivity contribution in [1.29, 1.82) is 0 Å². The predicted molar refractivity (Wildman–Crippen MR) is 52.2 cm³/mol. The molecular formula is C8H8ClNO6. The number of aliphatic hydroxyl groups is 4. The lowest BCUT2D eigenvalue weighted by Crippen LogP contribution is -2.24. The summed E-state index contributed by atoms with van der Waals surface area (Å²) in [6, 6.07) is 2.64. The van der Waals surface area contributed by atoms with Gasteiger partial charge >= 0.3 is 5.97 Å². The summed E-state index contributed by atoms with van der Waals surface area (Å²) in [7, 11) is 0. The number of rotatable bonds is 3. The number of benzene rings is 1. The van der Waals surface area contributed by atoms with Crippen LogP contribution in [0, 0.1) is 10.1 Å². The summed E-state index contributed by atoms with van der Waals surface area (Å²) in [5.41, 5.74) is -2.78. The number of hydrogen-bond acceptors (Lipinski definition) is 6. The number of hydrogen-bond donors (Lipinski definition) is 4. The lowest BCUT2D eigenvalue weighted by Gasteiger charge is -2.15. The van der Waals surface area contributed by atoms with Crippen LogP contribution in [-0.2, 0) is 5.97 Å². The van der Waals surface area contributed by atoms with Gasteiger partial charge in [-0.3, -0.25) is 10.1 Å². The molecule has 0 saturated carbocycles. The Morgan fingerprint density at radius 1 is 1.31 bits per heavy atom. The maximum atomic E-state index is 10.5. The summed E-state index contributed by atoms with van der Waals surface area (Å²) in [5, 5.41) is 46.1. The van der Waals surface area contributed by atoms with Crippen LogP contribution in [0.15, 0.2) is 18.2 Å². The van der Waals surface area contributed by atoms with Crippen molar-refractivity contribution < 1.29 is 25.3 Å². The number of halogens is 1. The summed E-state index contributed by atoms with van der Waals surface area (Å²) in [6.45, 7) is 0. The third kappa shape index (κ3) is 2.87. The lowest BCUT2D eigenvalue weighted by atomic mass is 10.1. The van der Waals surface area contributed by atoms with Gasteiger partial charge in [0.25, 0.3) is 5.69 Å².